The molecule has 0 saturated heterocycles. The Morgan fingerprint density at radius 1 is 0.514 bits per heavy atom. The zero-order chi connectivity index (χ0) is 25.4. The molecule has 0 aliphatic carbocycles. The second-order valence-corrected chi connectivity index (χ2v) is 12.7. The van der Waals surface area contributed by atoms with E-state index in [2.05, 4.69) is 0 Å². The first-order valence-electron chi connectivity index (χ1n) is 10.8. The lowest BCUT2D eigenvalue weighted by Gasteiger charge is -2.26. The van der Waals surface area contributed by atoms with Gasteiger partial charge >= 0.3 is 0 Å². The van der Waals surface area contributed by atoms with Crippen LogP contribution in [0.15, 0.2) is 117 Å². The minimum Gasteiger partial charge on any atom is -0.399 e. The van der Waals surface area contributed by atoms with E-state index < -0.39 is 25.1 Å². The predicted molar refractivity (Wildman–Crippen MR) is 138 cm³/mol. The highest BCUT2D eigenvalue weighted by Gasteiger charge is 2.26. The third kappa shape index (κ3) is 4.67. The van der Waals surface area contributed by atoms with E-state index in [1.807, 2.05) is 13.8 Å². The second kappa shape index (κ2) is 8.87. The fourth-order valence-corrected chi connectivity index (χ4v) is 6.53. The molecular formula is C27H26N2O4S2. The number of hydrogen-bond acceptors (Lipinski definition) is 6. The molecule has 0 fully saturated rings. The Kier molecular flexibility index (Phi) is 6.21. The lowest BCUT2D eigenvalue weighted by molar-refractivity contribution is 0.594. The first-order chi connectivity index (χ1) is 16.4. The molecule has 0 saturated carbocycles. The standard InChI is InChI=1S/C27H26N2O4S2/c1-27(2,19-9-13-23(14-10-19)34(30,31)25-7-3-5-21(28)17-25)20-11-15-24(16-12-20)35(32,33)26-8-4-6-22(29)18-26/h3-18H,28-29H2,1-2H3. The lowest BCUT2D eigenvalue weighted by Crippen LogP contribution is -2.19. The van der Waals surface area contributed by atoms with Crippen LogP contribution in [0, 0.1) is 0 Å². The zero-order valence-electron chi connectivity index (χ0n) is 19.3. The number of hydrogen-bond donors (Lipinski definition) is 2. The molecule has 0 radical (unpaired) electrons. The van der Waals surface area contributed by atoms with Gasteiger partial charge in [0.1, 0.15) is 0 Å². The topological polar surface area (TPSA) is 120 Å². The summed E-state index contributed by atoms with van der Waals surface area (Å²) in [6.45, 7) is 3.99. The van der Waals surface area contributed by atoms with E-state index in [-0.39, 0.29) is 19.6 Å². The molecule has 0 aliphatic heterocycles. The number of benzene rings is 4. The Bertz CT molecular complexity index is 1470. The van der Waals surface area contributed by atoms with E-state index in [1.54, 1.807) is 72.8 Å². The molecule has 35 heavy (non-hydrogen) atoms. The van der Waals surface area contributed by atoms with Crippen LogP contribution in [0.1, 0.15) is 25.0 Å². The van der Waals surface area contributed by atoms with Gasteiger partial charge in [0.05, 0.1) is 19.6 Å². The molecule has 0 heterocycles. The van der Waals surface area contributed by atoms with E-state index in [9.17, 15) is 16.8 Å². The predicted octanol–water partition coefficient (Wildman–Crippen LogP) is 4.84. The molecule has 0 atom stereocenters. The first-order valence-corrected chi connectivity index (χ1v) is 13.8. The van der Waals surface area contributed by atoms with Crippen LogP contribution in [-0.2, 0) is 25.1 Å². The van der Waals surface area contributed by atoms with Crippen molar-refractivity contribution in [3.8, 4) is 0 Å². The van der Waals surface area contributed by atoms with Crippen LogP contribution in [0.2, 0.25) is 0 Å². The van der Waals surface area contributed by atoms with Crippen molar-refractivity contribution in [2.75, 3.05) is 11.5 Å². The maximum absolute atomic E-state index is 13.0. The maximum Gasteiger partial charge on any atom is 0.206 e. The van der Waals surface area contributed by atoms with Gasteiger partial charge in [0.2, 0.25) is 19.7 Å². The van der Waals surface area contributed by atoms with Gasteiger partial charge in [-0.2, -0.15) is 0 Å². The SMILES string of the molecule is CC(C)(c1ccc(S(=O)(=O)c2cccc(N)c2)cc1)c1ccc(S(=O)(=O)c2cccc(N)c2)cc1. The summed E-state index contributed by atoms with van der Waals surface area (Å²) in [6.07, 6.45) is 0. The van der Waals surface area contributed by atoms with Gasteiger partial charge in [0.15, 0.2) is 0 Å². The third-order valence-electron chi connectivity index (χ3n) is 6.11. The van der Waals surface area contributed by atoms with Crippen molar-refractivity contribution in [3.05, 3.63) is 108 Å². The van der Waals surface area contributed by atoms with Crippen molar-refractivity contribution in [3.63, 3.8) is 0 Å². The molecule has 4 aromatic rings. The summed E-state index contributed by atoms with van der Waals surface area (Å²) >= 11 is 0. The van der Waals surface area contributed by atoms with Crippen LogP contribution in [0.5, 0.6) is 0 Å². The average Bonchev–Trinajstić information content (AvgIpc) is 2.84. The van der Waals surface area contributed by atoms with Gasteiger partial charge in [-0.15, -0.1) is 0 Å². The van der Waals surface area contributed by atoms with Crippen LogP contribution < -0.4 is 11.5 Å². The maximum atomic E-state index is 13.0. The summed E-state index contributed by atoms with van der Waals surface area (Å²) in [4.78, 5) is 0.625. The lowest BCUT2D eigenvalue weighted by atomic mass is 9.78. The normalized spacial score (nSPS) is 12.4. The fourth-order valence-electron chi connectivity index (χ4n) is 3.90. The van der Waals surface area contributed by atoms with Crippen LogP contribution in [-0.4, -0.2) is 16.8 Å². The molecule has 0 spiro atoms. The van der Waals surface area contributed by atoms with Crippen molar-refractivity contribution in [1.29, 1.82) is 0 Å². The zero-order valence-corrected chi connectivity index (χ0v) is 21.0. The Hall–Kier alpha value is -3.62. The molecule has 0 unspecified atom stereocenters. The fraction of sp³-hybridized carbons (Fsp3) is 0.111. The largest absolute Gasteiger partial charge is 0.399 e. The van der Waals surface area contributed by atoms with Crippen molar-refractivity contribution >= 4 is 31.0 Å². The highest BCUT2D eigenvalue weighted by atomic mass is 32.2. The molecule has 4 aromatic carbocycles. The highest BCUT2D eigenvalue weighted by molar-refractivity contribution is 7.91. The highest BCUT2D eigenvalue weighted by Crippen LogP contribution is 2.34. The molecule has 4 N–H and O–H groups in total. The summed E-state index contributed by atoms with van der Waals surface area (Å²) in [7, 11) is -7.39. The molecular weight excluding hydrogens is 480 g/mol. The van der Waals surface area contributed by atoms with Gasteiger partial charge in [0, 0.05) is 16.8 Å². The molecule has 4 rings (SSSR count). The van der Waals surface area contributed by atoms with Crippen molar-refractivity contribution in [1.82, 2.24) is 0 Å². The minimum absolute atomic E-state index is 0.140. The van der Waals surface area contributed by atoms with Gasteiger partial charge in [-0.25, -0.2) is 16.8 Å². The molecule has 0 amide bonds. The minimum atomic E-state index is -3.70. The molecule has 6 nitrogen and oxygen atoms in total. The smallest absolute Gasteiger partial charge is 0.206 e. The molecule has 0 aliphatic rings. The van der Waals surface area contributed by atoms with E-state index in [0.717, 1.165) is 11.1 Å². The average molecular weight is 507 g/mol. The molecule has 0 aromatic heterocycles. The van der Waals surface area contributed by atoms with Crippen molar-refractivity contribution < 1.29 is 16.8 Å². The third-order valence-corrected chi connectivity index (χ3v) is 9.64. The molecule has 8 heteroatoms. The van der Waals surface area contributed by atoms with Gasteiger partial charge < -0.3 is 11.5 Å². The Balaban J connectivity index is 1.62. The first kappa shape index (κ1) is 24.5. The number of sulfone groups is 2. The summed E-state index contributed by atoms with van der Waals surface area (Å²) < 4.78 is 51.9. The van der Waals surface area contributed by atoms with Crippen LogP contribution in [0.4, 0.5) is 11.4 Å². The van der Waals surface area contributed by atoms with E-state index in [4.69, 9.17) is 11.5 Å². The summed E-state index contributed by atoms with van der Waals surface area (Å²) in [5.41, 5.74) is 13.5. The number of rotatable bonds is 6. The van der Waals surface area contributed by atoms with E-state index in [0.29, 0.717) is 11.4 Å². The van der Waals surface area contributed by atoms with Crippen LogP contribution in [0.25, 0.3) is 0 Å². The van der Waals surface area contributed by atoms with Gasteiger partial charge in [-0.3, -0.25) is 0 Å². The van der Waals surface area contributed by atoms with Crippen molar-refractivity contribution in [2.24, 2.45) is 0 Å². The van der Waals surface area contributed by atoms with E-state index >= 15 is 0 Å². The van der Waals surface area contributed by atoms with Crippen molar-refractivity contribution in [2.45, 2.75) is 38.8 Å². The Labute approximate surface area is 206 Å². The summed E-state index contributed by atoms with van der Waals surface area (Å²) in [5, 5.41) is 0. The molecule has 0 bridgehead atoms. The summed E-state index contributed by atoms with van der Waals surface area (Å²) in [6, 6.07) is 25.8. The Morgan fingerprint density at radius 3 is 1.17 bits per heavy atom. The number of nitrogens with two attached hydrogens (primary N) is 2. The quantitative estimate of drug-likeness (QED) is 0.361. The number of nitrogen functional groups attached to an aromatic ring is 2. The van der Waals surface area contributed by atoms with Crippen LogP contribution >= 0.6 is 0 Å². The van der Waals surface area contributed by atoms with Gasteiger partial charge in [-0.05, 0) is 71.8 Å². The number of anilines is 2. The van der Waals surface area contributed by atoms with E-state index in [1.165, 1.54) is 24.3 Å². The molecule has 180 valence electrons. The summed E-state index contributed by atoms with van der Waals surface area (Å²) in [5.74, 6) is 0. The monoisotopic (exact) mass is 506 g/mol. The van der Waals surface area contributed by atoms with Crippen LogP contribution in [0.3, 0.4) is 0 Å². The second-order valence-electron chi connectivity index (χ2n) is 8.83. The van der Waals surface area contributed by atoms with Gasteiger partial charge in [-0.1, -0.05) is 50.2 Å². The van der Waals surface area contributed by atoms with Gasteiger partial charge in [0.25, 0.3) is 0 Å². The Morgan fingerprint density at radius 2 is 0.857 bits per heavy atom.